The van der Waals surface area contributed by atoms with Crippen LogP contribution in [0, 0.1) is 12.8 Å². The molecule has 2 N–H and O–H groups in total. The van der Waals surface area contributed by atoms with Gasteiger partial charge in [-0.15, -0.1) is 10.2 Å². The molecule has 0 saturated carbocycles. The van der Waals surface area contributed by atoms with E-state index in [-0.39, 0.29) is 35.5 Å². The molecule has 0 unspecified atom stereocenters. The lowest BCUT2D eigenvalue weighted by atomic mass is 10.0. The fraction of sp³-hybridized carbons (Fsp3) is 0.333. The molecule has 31 heavy (non-hydrogen) atoms. The van der Waals surface area contributed by atoms with Gasteiger partial charge in [-0.05, 0) is 31.0 Å². The second-order valence-corrected chi connectivity index (χ2v) is 8.31. The van der Waals surface area contributed by atoms with Gasteiger partial charge in [0.05, 0.1) is 11.8 Å². The molecule has 9 nitrogen and oxygen atoms in total. The van der Waals surface area contributed by atoms with Gasteiger partial charge in [-0.25, -0.2) is 9.97 Å². The topological polar surface area (TPSA) is 115 Å². The Balaban J connectivity index is 1.66. The highest BCUT2D eigenvalue weighted by Crippen LogP contribution is 2.24. The highest BCUT2D eigenvalue weighted by Gasteiger charge is 2.25. The largest absolute Gasteiger partial charge is 0.342 e. The van der Waals surface area contributed by atoms with E-state index in [9.17, 15) is 9.59 Å². The Bertz CT molecular complexity index is 1040. The van der Waals surface area contributed by atoms with E-state index in [1.807, 2.05) is 40.0 Å². The van der Waals surface area contributed by atoms with Gasteiger partial charge in [0.1, 0.15) is 0 Å². The summed E-state index contributed by atoms with van der Waals surface area (Å²) in [7, 11) is 1.82. The van der Waals surface area contributed by atoms with E-state index in [4.69, 9.17) is 0 Å². The molecular formula is C21H25N7O2S. The number of aromatic nitrogens is 5. The van der Waals surface area contributed by atoms with Crippen LogP contribution < -0.4 is 10.6 Å². The number of amides is 2. The number of thioether (sulfide) groups is 1. The smallest absolute Gasteiger partial charge is 0.251 e. The van der Waals surface area contributed by atoms with Crippen molar-refractivity contribution in [3.8, 4) is 0 Å². The van der Waals surface area contributed by atoms with Crippen LogP contribution in [0.5, 0.6) is 0 Å². The first kappa shape index (κ1) is 22.4. The summed E-state index contributed by atoms with van der Waals surface area (Å²) in [5.74, 6) is 0.697. The normalized spacial score (nSPS) is 11.9. The maximum absolute atomic E-state index is 12.7. The van der Waals surface area contributed by atoms with E-state index in [0.717, 1.165) is 5.56 Å². The summed E-state index contributed by atoms with van der Waals surface area (Å²) in [6, 6.07) is 8.76. The number of nitrogens with zero attached hydrogens (tertiary/aromatic N) is 5. The van der Waals surface area contributed by atoms with E-state index in [0.29, 0.717) is 16.5 Å². The number of carbonyl (C=O) groups excluding carboxylic acids is 2. The molecule has 0 fully saturated rings. The molecule has 0 aliphatic rings. The molecule has 0 aliphatic heterocycles. The third-order valence-corrected chi connectivity index (χ3v) is 5.58. The van der Waals surface area contributed by atoms with Gasteiger partial charge >= 0.3 is 0 Å². The fourth-order valence-corrected chi connectivity index (χ4v) is 3.55. The van der Waals surface area contributed by atoms with E-state index in [1.165, 1.54) is 11.8 Å². The summed E-state index contributed by atoms with van der Waals surface area (Å²) in [5, 5.41) is 14.7. The molecule has 0 bridgehead atoms. The summed E-state index contributed by atoms with van der Waals surface area (Å²) >= 11 is 1.25. The molecule has 0 radical (unpaired) electrons. The van der Waals surface area contributed by atoms with Gasteiger partial charge in [-0.2, -0.15) is 0 Å². The van der Waals surface area contributed by atoms with Crippen molar-refractivity contribution < 1.29 is 9.59 Å². The van der Waals surface area contributed by atoms with Crippen LogP contribution in [0.1, 0.15) is 41.6 Å². The first-order valence-corrected chi connectivity index (χ1v) is 10.8. The average molecular weight is 440 g/mol. The number of benzene rings is 1. The van der Waals surface area contributed by atoms with Crippen molar-refractivity contribution in [2.45, 2.75) is 32.0 Å². The fourth-order valence-electron chi connectivity index (χ4n) is 2.84. The quantitative estimate of drug-likeness (QED) is 0.519. The van der Waals surface area contributed by atoms with Crippen molar-refractivity contribution in [1.29, 1.82) is 0 Å². The van der Waals surface area contributed by atoms with Crippen LogP contribution >= 0.6 is 11.8 Å². The molecule has 2 amide bonds. The zero-order valence-electron chi connectivity index (χ0n) is 17.9. The Morgan fingerprint density at radius 3 is 2.42 bits per heavy atom. The molecule has 0 saturated heterocycles. The number of hydrogen-bond acceptors (Lipinski definition) is 7. The number of anilines is 1. The third-order valence-electron chi connectivity index (χ3n) is 4.56. The predicted octanol–water partition coefficient (Wildman–Crippen LogP) is 2.77. The summed E-state index contributed by atoms with van der Waals surface area (Å²) < 4.78 is 1.80. The van der Waals surface area contributed by atoms with E-state index >= 15 is 0 Å². The minimum absolute atomic E-state index is 0.0914. The Labute approximate surface area is 185 Å². The molecular weight excluding hydrogens is 414 g/mol. The van der Waals surface area contributed by atoms with Crippen LogP contribution in [0.15, 0.2) is 47.9 Å². The second kappa shape index (κ2) is 10.2. The van der Waals surface area contributed by atoms with Crippen molar-refractivity contribution in [3.05, 3.63) is 59.7 Å². The monoisotopic (exact) mass is 439 g/mol. The lowest BCUT2D eigenvalue weighted by Crippen LogP contribution is -2.33. The van der Waals surface area contributed by atoms with Crippen LogP contribution in [-0.2, 0) is 11.8 Å². The van der Waals surface area contributed by atoms with Crippen molar-refractivity contribution in [2.24, 2.45) is 13.0 Å². The van der Waals surface area contributed by atoms with Gasteiger partial charge in [0.25, 0.3) is 5.91 Å². The minimum atomic E-state index is -0.327. The van der Waals surface area contributed by atoms with Crippen LogP contribution in [0.3, 0.4) is 0 Å². The van der Waals surface area contributed by atoms with Crippen molar-refractivity contribution in [2.75, 3.05) is 11.1 Å². The summed E-state index contributed by atoms with van der Waals surface area (Å²) in [5.41, 5.74) is 1.68. The Kier molecular flexibility index (Phi) is 7.35. The van der Waals surface area contributed by atoms with Crippen LogP contribution in [0.2, 0.25) is 0 Å². The van der Waals surface area contributed by atoms with E-state index < -0.39 is 0 Å². The molecule has 1 atom stereocenters. The number of hydrogen-bond donors (Lipinski definition) is 2. The second-order valence-electron chi connectivity index (χ2n) is 7.37. The predicted molar refractivity (Wildman–Crippen MR) is 119 cm³/mol. The van der Waals surface area contributed by atoms with Gasteiger partial charge in [0.15, 0.2) is 11.0 Å². The van der Waals surface area contributed by atoms with Crippen molar-refractivity contribution >= 4 is 29.5 Å². The van der Waals surface area contributed by atoms with Crippen molar-refractivity contribution in [3.63, 3.8) is 0 Å². The first-order valence-electron chi connectivity index (χ1n) is 9.81. The summed E-state index contributed by atoms with van der Waals surface area (Å²) in [6.07, 6.45) is 3.11. The van der Waals surface area contributed by atoms with Crippen LogP contribution in [0.4, 0.5) is 5.95 Å². The maximum atomic E-state index is 12.7. The molecule has 2 heterocycles. The van der Waals surface area contributed by atoms with Gasteiger partial charge in [0, 0.05) is 25.0 Å². The molecule has 10 heteroatoms. The third kappa shape index (κ3) is 5.88. The van der Waals surface area contributed by atoms with Crippen LogP contribution in [0.25, 0.3) is 0 Å². The van der Waals surface area contributed by atoms with Crippen molar-refractivity contribution in [1.82, 2.24) is 30.0 Å². The first-order chi connectivity index (χ1) is 14.8. The molecule has 3 rings (SSSR count). The van der Waals surface area contributed by atoms with E-state index in [2.05, 4.69) is 30.8 Å². The Morgan fingerprint density at radius 1 is 1.10 bits per heavy atom. The van der Waals surface area contributed by atoms with Gasteiger partial charge in [-0.3, -0.25) is 14.9 Å². The zero-order chi connectivity index (χ0) is 22.4. The average Bonchev–Trinajstić information content (AvgIpc) is 3.11. The number of carbonyl (C=O) groups is 2. The van der Waals surface area contributed by atoms with Crippen LogP contribution in [-0.4, -0.2) is 42.3 Å². The summed E-state index contributed by atoms with van der Waals surface area (Å²) in [6.45, 7) is 5.99. The SMILES string of the molecule is Cc1ccc(C(=O)N[C@@H](c2nnc(SCC(=O)Nc3ncccn3)n2C)C(C)C)cc1. The lowest BCUT2D eigenvalue weighted by molar-refractivity contribution is -0.113. The summed E-state index contributed by atoms with van der Waals surface area (Å²) in [4.78, 5) is 32.8. The number of rotatable bonds is 8. The molecule has 3 aromatic rings. The molecule has 1 aromatic carbocycles. The van der Waals surface area contributed by atoms with E-state index in [1.54, 1.807) is 35.2 Å². The number of nitrogens with one attached hydrogen (secondary N) is 2. The van der Waals surface area contributed by atoms with Gasteiger partial charge in [-0.1, -0.05) is 43.3 Å². The maximum Gasteiger partial charge on any atom is 0.251 e. The Hall–Kier alpha value is -3.27. The highest BCUT2D eigenvalue weighted by atomic mass is 32.2. The molecule has 0 spiro atoms. The standard InChI is InChI=1S/C21H25N7O2S/c1-13(2)17(25-19(30)15-8-6-14(3)7-9-15)18-26-27-21(28(18)4)31-12-16(29)24-20-22-10-5-11-23-20/h5-11,13,17H,12H2,1-4H3,(H,25,30)(H,22,23,24,29)/t17-/m1/s1. The highest BCUT2D eigenvalue weighted by molar-refractivity contribution is 7.99. The van der Waals surface area contributed by atoms with Gasteiger partial charge in [0.2, 0.25) is 11.9 Å². The molecule has 162 valence electrons. The zero-order valence-corrected chi connectivity index (χ0v) is 18.7. The molecule has 0 aliphatic carbocycles. The lowest BCUT2D eigenvalue weighted by Gasteiger charge is -2.21. The minimum Gasteiger partial charge on any atom is -0.342 e. The Morgan fingerprint density at radius 2 is 1.77 bits per heavy atom. The van der Waals surface area contributed by atoms with Gasteiger partial charge < -0.3 is 9.88 Å². The number of aryl methyl sites for hydroxylation is 1. The molecule has 2 aromatic heterocycles.